The average Bonchev–Trinajstić information content (AvgIpc) is 3.07. The fourth-order valence-corrected chi connectivity index (χ4v) is 4.17. The lowest BCUT2D eigenvalue weighted by Gasteiger charge is -2.24. The first kappa shape index (κ1) is 20.4. The summed E-state index contributed by atoms with van der Waals surface area (Å²) in [5.74, 6) is 0.430. The molecule has 7 heteroatoms. The standard InChI is InChI=1S/C23H28N4O3/c1-24-11-13-30-21-5-3-4-20-22(21)18-15-26(2)12-10-19(18)27(20)14-16-6-8-17(9-7-16)23(28)25-29/h3-9,24,29H,10-15H2,1-2H3,(H,25,28). The van der Waals surface area contributed by atoms with E-state index in [1.807, 2.05) is 19.2 Å². The topological polar surface area (TPSA) is 78.8 Å². The summed E-state index contributed by atoms with van der Waals surface area (Å²) in [6.45, 7) is 4.07. The number of nitrogens with zero attached hydrogens (tertiary/aromatic N) is 2. The van der Waals surface area contributed by atoms with Crippen LogP contribution in [-0.2, 0) is 19.5 Å². The molecule has 0 atom stereocenters. The molecular formula is C23H28N4O3. The number of fused-ring (bicyclic) bond motifs is 3. The summed E-state index contributed by atoms with van der Waals surface area (Å²) in [6, 6.07) is 13.6. The monoisotopic (exact) mass is 408 g/mol. The van der Waals surface area contributed by atoms with Gasteiger partial charge in [-0.1, -0.05) is 18.2 Å². The van der Waals surface area contributed by atoms with Crippen LogP contribution in [0, 0.1) is 0 Å². The largest absolute Gasteiger partial charge is 0.492 e. The van der Waals surface area contributed by atoms with Crippen molar-refractivity contribution in [2.24, 2.45) is 0 Å². The number of carbonyl (C=O) groups excluding carboxylic acids is 1. The van der Waals surface area contributed by atoms with Gasteiger partial charge >= 0.3 is 0 Å². The van der Waals surface area contributed by atoms with Gasteiger partial charge in [-0.25, -0.2) is 5.48 Å². The van der Waals surface area contributed by atoms with Gasteiger partial charge in [0.05, 0.1) is 5.52 Å². The van der Waals surface area contributed by atoms with Crippen molar-refractivity contribution in [1.82, 2.24) is 20.3 Å². The SMILES string of the molecule is CNCCOc1cccc2c1c1c(n2Cc2ccc(C(=O)NO)cc2)CCN(C)C1. The number of rotatable bonds is 7. The second-order valence-corrected chi connectivity index (χ2v) is 7.74. The predicted octanol–water partition coefficient (Wildman–Crippen LogP) is 2.39. The highest BCUT2D eigenvalue weighted by Gasteiger charge is 2.24. The van der Waals surface area contributed by atoms with Crippen LogP contribution < -0.4 is 15.5 Å². The summed E-state index contributed by atoms with van der Waals surface area (Å²) < 4.78 is 8.50. The molecule has 0 bridgehead atoms. The second kappa shape index (κ2) is 8.87. The van der Waals surface area contributed by atoms with Gasteiger partial charge in [-0.2, -0.15) is 0 Å². The molecule has 1 aliphatic rings. The van der Waals surface area contributed by atoms with Gasteiger partial charge in [0.25, 0.3) is 5.91 Å². The number of ether oxygens (including phenoxy) is 1. The van der Waals surface area contributed by atoms with Crippen LogP contribution in [0.2, 0.25) is 0 Å². The van der Waals surface area contributed by atoms with Crippen LogP contribution in [0.4, 0.5) is 0 Å². The molecule has 30 heavy (non-hydrogen) atoms. The summed E-state index contributed by atoms with van der Waals surface area (Å²) in [5.41, 5.74) is 7.08. The molecule has 3 N–H and O–H groups in total. The third kappa shape index (κ3) is 3.92. The third-order valence-corrected chi connectivity index (χ3v) is 5.70. The molecule has 0 fully saturated rings. The molecule has 0 radical (unpaired) electrons. The molecule has 0 unspecified atom stereocenters. The Balaban J connectivity index is 1.74. The summed E-state index contributed by atoms with van der Waals surface area (Å²) in [5, 5.41) is 13.1. The highest BCUT2D eigenvalue weighted by Crippen LogP contribution is 2.37. The maximum absolute atomic E-state index is 11.6. The van der Waals surface area contributed by atoms with Gasteiger partial charge in [-0.05, 0) is 49.5 Å². The number of likely N-dealkylation sites (N-methyl/N-ethyl adjacent to an activating group) is 2. The zero-order valence-electron chi connectivity index (χ0n) is 17.4. The number of nitrogens with one attached hydrogen (secondary N) is 2. The number of benzene rings is 2. The van der Waals surface area contributed by atoms with Gasteiger partial charge in [0.2, 0.25) is 0 Å². The van der Waals surface area contributed by atoms with Crippen molar-refractivity contribution >= 4 is 16.8 Å². The van der Waals surface area contributed by atoms with E-state index in [-0.39, 0.29) is 0 Å². The molecule has 0 spiro atoms. The minimum atomic E-state index is -0.503. The second-order valence-electron chi connectivity index (χ2n) is 7.74. The van der Waals surface area contributed by atoms with Gasteiger partial charge in [0, 0.05) is 49.2 Å². The quantitative estimate of drug-likeness (QED) is 0.318. The number of hydrogen-bond donors (Lipinski definition) is 3. The van der Waals surface area contributed by atoms with Crippen molar-refractivity contribution in [3.8, 4) is 5.75 Å². The summed E-state index contributed by atoms with van der Waals surface area (Å²) in [6.07, 6.45) is 0.988. The fraction of sp³-hybridized carbons (Fsp3) is 0.348. The summed E-state index contributed by atoms with van der Waals surface area (Å²) in [7, 11) is 4.08. The van der Waals surface area contributed by atoms with E-state index in [4.69, 9.17) is 9.94 Å². The molecule has 4 rings (SSSR count). The van der Waals surface area contributed by atoms with Crippen LogP contribution in [0.5, 0.6) is 5.75 Å². The number of hydrogen-bond acceptors (Lipinski definition) is 5. The predicted molar refractivity (Wildman–Crippen MR) is 116 cm³/mol. The van der Waals surface area contributed by atoms with Crippen molar-refractivity contribution in [2.75, 3.05) is 33.8 Å². The van der Waals surface area contributed by atoms with E-state index in [1.54, 1.807) is 17.6 Å². The van der Waals surface area contributed by atoms with E-state index in [0.717, 1.165) is 43.9 Å². The maximum atomic E-state index is 11.6. The Morgan fingerprint density at radius 2 is 2.00 bits per heavy atom. The number of amides is 1. The third-order valence-electron chi connectivity index (χ3n) is 5.70. The van der Waals surface area contributed by atoms with Gasteiger partial charge in [0.15, 0.2) is 0 Å². The van der Waals surface area contributed by atoms with Crippen LogP contribution in [-0.4, -0.2) is 54.4 Å². The molecule has 2 aromatic carbocycles. The van der Waals surface area contributed by atoms with Crippen LogP contribution in [0.15, 0.2) is 42.5 Å². The number of aromatic nitrogens is 1. The number of carbonyl (C=O) groups is 1. The van der Waals surface area contributed by atoms with E-state index >= 15 is 0 Å². The molecule has 0 saturated heterocycles. The smallest absolute Gasteiger partial charge is 0.274 e. The van der Waals surface area contributed by atoms with Gasteiger partial charge in [0.1, 0.15) is 12.4 Å². The van der Waals surface area contributed by atoms with Gasteiger partial charge < -0.3 is 19.5 Å². The van der Waals surface area contributed by atoms with E-state index < -0.39 is 5.91 Å². The zero-order chi connectivity index (χ0) is 21.1. The van der Waals surface area contributed by atoms with Gasteiger partial charge in [-0.15, -0.1) is 0 Å². The first-order valence-electron chi connectivity index (χ1n) is 10.2. The Morgan fingerprint density at radius 3 is 2.73 bits per heavy atom. The molecule has 1 amide bonds. The summed E-state index contributed by atoms with van der Waals surface area (Å²) in [4.78, 5) is 13.9. The Bertz CT molecular complexity index is 1040. The van der Waals surface area contributed by atoms with Crippen LogP contribution in [0.1, 0.15) is 27.2 Å². The highest BCUT2D eigenvalue weighted by atomic mass is 16.5. The normalized spacial score (nSPS) is 14.0. The van der Waals surface area contributed by atoms with Crippen molar-refractivity contribution in [1.29, 1.82) is 0 Å². The van der Waals surface area contributed by atoms with E-state index in [0.29, 0.717) is 12.2 Å². The molecule has 3 aromatic rings. The molecule has 0 saturated carbocycles. The Kier molecular flexibility index (Phi) is 6.03. The minimum absolute atomic E-state index is 0.433. The van der Waals surface area contributed by atoms with E-state index in [1.165, 1.54) is 22.2 Å². The zero-order valence-corrected chi connectivity index (χ0v) is 17.4. The summed E-state index contributed by atoms with van der Waals surface area (Å²) >= 11 is 0. The lowest BCUT2D eigenvalue weighted by atomic mass is 10.0. The fourth-order valence-electron chi connectivity index (χ4n) is 4.17. The first-order chi connectivity index (χ1) is 14.6. The number of hydroxylamine groups is 1. The van der Waals surface area contributed by atoms with Crippen LogP contribution in [0.3, 0.4) is 0 Å². The Hall–Kier alpha value is -2.87. The Labute approximate surface area is 176 Å². The Morgan fingerprint density at radius 1 is 1.20 bits per heavy atom. The lowest BCUT2D eigenvalue weighted by Crippen LogP contribution is -2.27. The molecule has 0 aliphatic carbocycles. The van der Waals surface area contributed by atoms with E-state index in [2.05, 4.69) is 40.0 Å². The molecule has 1 aromatic heterocycles. The average molecular weight is 409 g/mol. The van der Waals surface area contributed by atoms with E-state index in [9.17, 15) is 4.79 Å². The van der Waals surface area contributed by atoms with Gasteiger partial charge in [-0.3, -0.25) is 10.0 Å². The maximum Gasteiger partial charge on any atom is 0.274 e. The highest BCUT2D eigenvalue weighted by molar-refractivity contribution is 5.93. The van der Waals surface area contributed by atoms with Crippen molar-refractivity contribution < 1.29 is 14.7 Å². The molecule has 158 valence electrons. The molecular weight excluding hydrogens is 380 g/mol. The molecule has 2 heterocycles. The van der Waals surface area contributed by atoms with Crippen molar-refractivity contribution in [3.05, 3.63) is 64.8 Å². The van der Waals surface area contributed by atoms with Crippen LogP contribution in [0.25, 0.3) is 10.9 Å². The van der Waals surface area contributed by atoms with Crippen molar-refractivity contribution in [2.45, 2.75) is 19.5 Å². The molecule has 7 nitrogen and oxygen atoms in total. The van der Waals surface area contributed by atoms with Crippen LogP contribution >= 0.6 is 0 Å². The minimum Gasteiger partial charge on any atom is -0.492 e. The lowest BCUT2D eigenvalue weighted by molar-refractivity contribution is 0.0706. The van der Waals surface area contributed by atoms with Crippen molar-refractivity contribution in [3.63, 3.8) is 0 Å². The first-order valence-corrected chi connectivity index (χ1v) is 10.2. The molecule has 1 aliphatic heterocycles.